The van der Waals surface area contributed by atoms with E-state index in [0.29, 0.717) is 157 Å². The summed E-state index contributed by atoms with van der Waals surface area (Å²) in [7, 11) is 0. The fourth-order valence-corrected chi connectivity index (χ4v) is 25.2. The number of fused-ring (bicyclic) bond motifs is 6. The molecule has 23 heteroatoms. The minimum absolute atomic E-state index is 0.289. The van der Waals surface area contributed by atoms with Crippen molar-refractivity contribution >= 4 is 343 Å². The zero-order chi connectivity index (χ0) is 98.1. The van der Waals surface area contributed by atoms with Crippen LogP contribution in [0, 0.1) is 0 Å². The number of nitrogens with one attached hydrogen (secondary N) is 2. The third kappa shape index (κ3) is 13.2. The number of benzene rings is 24. The molecule has 15 nitrogen and oxygen atoms in total. The normalized spacial score (nSPS) is 13.9. The molecule has 0 saturated heterocycles. The van der Waals surface area contributed by atoms with Crippen molar-refractivity contribution < 1.29 is 28.8 Å². The van der Waals surface area contributed by atoms with Gasteiger partial charge in [0.25, 0.3) is 35.4 Å². The minimum atomic E-state index is -0.483. The highest BCUT2D eigenvalue weighted by Gasteiger charge is 2.44. The number of carbonyl (C=O) groups excluding carboxylic acids is 6. The first-order valence-corrected chi connectivity index (χ1v) is 49.8. The Morgan fingerprint density at radius 3 is 0.683 bits per heavy atom. The number of rotatable bonds is 11. The van der Waals surface area contributed by atoms with Crippen LogP contribution < -0.4 is 44.9 Å². The molecule has 0 spiro atoms. The number of hydrogen-bond acceptors (Lipinski definition) is 12. The van der Waals surface area contributed by atoms with Gasteiger partial charge in [-0.25, -0.2) is 14.7 Å². The average Bonchev–Trinajstić information content (AvgIpc) is 0.669. The number of halogens is 8. The van der Waals surface area contributed by atoms with Gasteiger partial charge in [0, 0.05) is 168 Å². The molecule has 0 aromatic heterocycles. The largest absolute Gasteiger partial charge is 0.355 e. The van der Waals surface area contributed by atoms with Crippen LogP contribution in [0.4, 0.5) is 85.3 Å². The molecular formula is C122H67Cl8N9O6. The summed E-state index contributed by atoms with van der Waals surface area (Å²) in [6.07, 6.45) is 0. The van der Waals surface area contributed by atoms with Gasteiger partial charge in [-0.3, -0.25) is 28.8 Å². The summed E-state index contributed by atoms with van der Waals surface area (Å²) in [6, 6.07) is 119. The lowest BCUT2D eigenvalue weighted by molar-refractivity contribution is 0.0877. The molecule has 692 valence electrons. The predicted molar refractivity (Wildman–Crippen MR) is 599 cm³/mol. The van der Waals surface area contributed by atoms with E-state index in [0.717, 1.165) is 127 Å². The molecule has 5 aliphatic rings. The third-order valence-corrected chi connectivity index (χ3v) is 31.2. The summed E-state index contributed by atoms with van der Waals surface area (Å²) in [5.74, 6) is -2.49. The molecule has 29 rings (SSSR count). The van der Waals surface area contributed by atoms with Gasteiger partial charge >= 0.3 is 0 Å². The third-order valence-electron chi connectivity index (χ3n) is 28.8. The first-order valence-electron chi connectivity index (χ1n) is 46.8. The fraction of sp³-hybridized carbons (Fsp3) is 0.0164. The van der Waals surface area contributed by atoms with Gasteiger partial charge in [-0.2, -0.15) is 0 Å². The van der Waals surface area contributed by atoms with Gasteiger partial charge in [0.05, 0.1) is 107 Å². The van der Waals surface area contributed by atoms with E-state index in [-0.39, 0.29) is 22.9 Å². The quantitative estimate of drug-likeness (QED) is 0.0721. The van der Waals surface area contributed by atoms with Gasteiger partial charge in [0.15, 0.2) is 0 Å². The Balaban J connectivity index is 0.000000108. The number of para-hydroxylation sites is 9. The zero-order valence-electron chi connectivity index (χ0n) is 75.7. The van der Waals surface area contributed by atoms with Crippen molar-refractivity contribution in [1.82, 2.24) is 0 Å². The molecule has 0 saturated carbocycles. The van der Waals surface area contributed by atoms with Crippen LogP contribution in [0.5, 0.6) is 0 Å². The van der Waals surface area contributed by atoms with Crippen molar-refractivity contribution in [3.63, 3.8) is 0 Å². The summed E-state index contributed by atoms with van der Waals surface area (Å²) in [5.41, 5.74) is 15.3. The van der Waals surface area contributed by atoms with E-state index < -0.39 is 23.6 Å². The van der Waals surface area contributed by atoms with E-state index in [1.54, 1.807) is 84.9 Å². The molecule has 0 radical (unpaired) electrons. The molecule has 5 heterocycles. The van der Waals surface area contributed by atoms with Crippen LogP contribution in [0.15, 0.2) is 370 Å². The van der Waals surface area contributed by atoms with Gasteiger partial charge in [-0.1, -0.05) is 281 Å². The molecule has 145 heavy (non-hydrogen) atoms. The molecule has 0 atom stereocenters. The zero-order valence-corrected chi connectivity index (χ0v) is 81.8. The maximum absolute atomic E-state index is 14.2. The predicted octanol–water partition coefficient (Wildman–Crippen LogP) is 34.8. The highest BCUT2D eigenvalue weighted by atomic mass is 35.5. The van der Waals surface area contributed by atoms with Gasteiger partial charge in [0.1, 0.15) is 0 Å². The summed E-state index contributed by atoms with van der Waals surface area (Å²) < 4.78 is 0. The Bertz CT molecular complexity index is 9320. The van der Waals surface area contributed by atoms with Crippen molar-refractivity contribution in [3.8, 4) is 0 Å². The summed E-state index contributed by atoms with van der Waals surface area (Å²) in [6.45, 7) is 1.18. The van der Waals surface area contributed by atoms with Crippen LogP contribution >= 0.6 is 92.8 Å². The average molecular weight is 2040 g/mol. The summed E-state index contributed by atoms with van der Waals surface area (Å²) in [4.78, 5) is 97.4. The Morgan fingerprint density at radius 2 is 0.386 bits per heavy atom. The van der Waals surface area contributed by atoms with Crippen LogP contribution in [0.1, 0.15) is 62.1 Å². The van der Waals surface area contributed by atoms with E-state index in [9.17, 15) is 28.8 Å². The maximum Gasteiger partial charge on any atom is 0.266 e. The molecular weight excluding hydrogens is 1970 g/mol. The number of imide groups is 3. The number of anilines is 15. The van der Waals surface area contributed by atoms with Crippen molar-refractivity contribution in [2.24, 2.45) is 0 Å². The molecule has 0 fully saturated rings. The lowest BCUT2D eigenvalue weighted by Crippen LogP contribution is -2.40. The van der Waals surface area contributed by atoms with Gasteiger partial charge in [-0.05, 0) is 209 Å². The monoisotopic (exact) mass is 2030 g/mol. The number of carbonyl (C=O) groups is 6. The highest BCUT2D eigenvalue weighted by molar-refractivity contribution is 6.59. The van der Waals surface area contributed by atoms with E-state index in [2.05, 4.69) is 152 Å². The van der Waals surface area contributed by atoms with Crippen molar-refractivity contribution in [3.05, 3.63) is 444 Å². The second-order valence-electron chi connectivity index (χ2n) is 36.4. The second-order valence-corrected chi connectivity index (χ2v) is 39.7. The molecule has 2 N–H and O–H groups in total. The van der Waals surface area contributed by atoms with E-state index in [1.807, 2.05) is 164 Å². The van der Waals surface area contributed by atoms with E-state index >= 15 is 0 Å². The molecule has 0 bridgehead atoms. The van der Waals surface area contributed by atoms with Gasteiger partial charge in [0.2, 0.25) is 0 Å². The summed E-state index contributed by atoms with van der Waals surface area (Å²) >= 11 is 58.1. The Kier molecular flexibility index (Phi) is 20.4. The lowest BCUT2D eigenvalue weighted by Gasteiger charge is -2.40. The Labute approximate surface area is 866 Å². The first kappa shape index (κ1) is 87.7. The maximum atomic E-state index is 14.2. The lowest BCUT2D eigenvalue weighted by atomic mass is 9.83. The van der Waals surface area contributed by atoms with Crippen molar-refractivity contribution in [2.45, 2.75) is 0 Å². The van der Waals surface area contributed by atoms with E-state index in [1.165, 1.54) is 20.6 Å². The van der Waals surface area contributed by atoms with Gasteiger partial charge < -0.3 is 30.2 Å². The smallest absolute Gasteiger partial charge is 0.266 e. The highest BCUT2D eigenvalue weighted by Crippen LogP contribution is 2.62. The SMILES string of the molecule is O=C1c2cc(Cl)c3c4c(Cl)cc(Nc5ccccc5)c5c(Nc6ccccc6)cc(Cl)c(c6c(Cl)cc(c2c36)C(=O)N1c1ccccc1)c54.O=C1c2cc(Cl)c3c4c(Cl)cc5c6c(cc(Cl)c(c7c(Cl)cc(c2c37)C(=O)N1c1ccccc1)c64)N(c1ccccc1)CN5c1ccccc1.O=C1c2ccc3c4ccc5c6c(ccc(c7ccc(c2c37)C(=O)N1c1ccccc1)c64)N(c1ccccc1)CN5c1ccccc1. The minimum Gasteiger partial charge on any atom is -0.355 e. The van der Waals surface area contributed by atoms with Crippen molar-refractivity contribution in [1.29, 1.82) is 0 Å². The molecule has 24 aromatic rings. The van der Waals surface area contributed by atoms with Crippen LogP contribution in [-0.2, 0) is 0 Å². The Morgan fingerprint density at radius 1 is 0.172 bits per heavy atom. The molecule has 5 aliphatic heterocycles. The molecule has 0 aliphatic carbocycles. The summed E-state index contributed by atoms with van der Waals surface area (Å²) in [5, 5.41) is 28.8. The Hall–Kier alpha value is -16.3. The second kappa shape index (κ2) is 33.7. The van der Waals surface area contributed by atoms with E-state index in [4.69, 9.17) is 92.8 Å². The molecule has 0 unspecified atom stereocenters. The van der Waals surface area contributed by atoms with Crippen LogP contribution in [-0.4, -0.2) is 48.8 Å². The number of nitrogens with zero attached hydrogens (tertiary/aromatic N) is 7. The standard InChI is InChI=1S/C41H21Cl4N3O2.C41H25N3O2.C40H21Cl4N3O2/c42-26-16-24-32-25(41(50)48(40(24)49)23-14-8-3-9-15-23)17-27(43)34-36-29(45)19-31-37-30(18-28(44)35(39(36)37)33(26)38(32)34)46(21-10-4-1-5-11-21)20-47(31)22-12-6-2-7-13-22;45-40-32-18-16-28-30-20-22-34-39-35(43(26-12-6-2-7-13-26)24-42(34)25-10-4-1-5-11-25)23-21-31(37(30)39)29-17-19-33(38(32)36(28)29)41(46)44(40)27-14-8-3-9-15-27;41-25-16-23-31-24(40(49)47(39(23)48)22-14-8-3-9-15-22)17-26(42)33-35-28(44)19-30(46-21-12-6-2-7-13-21)36-29(45-20-10-4-1-5-11-20)18-27(43)34(38(35)36)32(25)37(31)33/h1-19H,20H2;1-23H,24H2;1-19,45-46H. The fourth-order valence-electron chi connectivity index (χ4n) is 22.8. The number of hydrogen-bond donors (Lipinski definition) is 2. The molecule has 6 amide bonds. The molecule has 24 aromatic carbocycles. The number of amides is 6. The van der Waals surface area contributed by atoms with Crippen LogP contribution in [0.3, 0.4) is 0 Å². The van der Waals surface area contributed by atoms with Crippen LogP contribution in [0.25, 0.3) is 129 Å². The topological polar surface area (TPSA) is 149 Å². The van der Waals surface area contributed by atoms with Gasteiger partial charge in [-0.15, -0.1) is 0 Å². The van der Waals surface area contributed by atoms with Crippen LogP contribution in [0.2, 0.25) is 40.2 Å². The van der Waals surface area contributed by atoms with Crippen molar-refractivity contribution in [2.75, 3.05) is 58.3 Å². The first-order chi connectivity index (χ1) is 70.8.